The Balaban J connectivity index is 3.02. The van der Waals surface area contributed by atoms with Gasteiger partial charge in [-0.3, -0.25) is 9.59 Å². The van der Waals surface area contributed by atoms with Crippen LogP contribution in [0.3, 0.4) is 0 Å². The van der Waals surface area contributed by atoms with E-state index in [-0.39, 0.29) is 17.7 Å². The van der Waals surface area contributed by atoms with Crippen LogP contribution < -0.4 is 10.6 Å². The number of rotatable bonds is 7. The van der Waals surface area contributed by atoms with Gasteiger partial charge in [0.15, 0.2) is 5.78 Å². The Morgan fingerprint density at radius 3 is 2.50 bits per heavy atom. The minimum Gasteiger partial charge on any atom is -0.354 e. The first-order valence-corrected chi connectivity index (χ1v) is 7.10. The van der Waals surface area contributed by atoms with Crippen LogP contribution in [0, 0.1) is 6.92 Å². The first-order chi connectivity index (χ1) is 9.42. The average molecular weight is 279 g/mol. The first kappa shape index (κ1) is 16.4. The average Bonchev–Trinajstić information content (AvgIpc) is 2.73. The van der Waals surface area contributed by atoms with Crippen molar-refractivity contribution >= 4 is 11.7 Å². The summed E-state index contributed by atoms with van der Waals surface area (Å²) in [4.78, 5) is 27.1. The topological polar surface area (TPSA) is 74.0 Å². The molecule has 0 bridgehead atoms. The van der Waals surface area contributed by atoms with E-state index in [4.69, 9.17) is 0 Å². The predicted octanol–water partition coefficient (Wildman–Crippen LogP) is 1.82. The van der Waals surface area contributed by atoms with E-state index in [1.54, 1.807) is 6.92 Å². The Kier molecular flexibility index (Phi) is 5.95. The van der Waals surface area contributed by atoms with Gasteiger partial charge < -0.3 is 15.6 Å². The first-order valence-electron chi connectivity index (χ1n) is 7.10. The fourth-order valence-electron chi connectivity index (χ4n) is 2.28. The zero-order valence-corrected chi connectivity index (χ0v) is 13.0. The molecule has 1 heterocycles. The second-order valence-corrected chi connectivity index (χ2v) is 5.18. The molecule has 20 heavy (non-hydrogen) atoms. The van der Waals surface area contributed by atoms with Crippen molar-refractivity contribution in [2.24, 2.45) is 0 Å². The fraction of sp³-hybridized carbons (Fsp3) is 0.600. The Bertz CT molecular complexity index is 492. The summed E-state index contributed by atoms with van der Waals surface area (Å²) in [6.07, 6.45) is 1.62. The molecular weight excluding hydrogens is 254 g/mol. The number of aromatic amines is 1. The minimum atomic E-state index is -0.147. The van der Waals surface area contributed by atoms with Gasteiger partial charge in [-0.1, -0.05) is 13.3 Å². The predicted molar refractivity (Wildman–Crippen MR) is 80.4 cm³/mol. The van der Waals surface area contributed by atoms with Gasteiger partial charge in [0.05, 0.1) is 0 Å². The van der Waals surface area contributed by atoms with Crippen molar-refractivity contribution in [1.82, 2.24) is 15.6 Å². The zero-order chi connectivity index (χ0) is 15.3. The highest BCUT2D eigenvalue weighted by molar-refractivity contribution is 6.02. The van der Waals surface area contributed by atoms with Crippen LogP contribution in [0.15, 0.2) is 0 Å². The third kappa shape index (κ3) is 3.70. The van der Waals surface area contributed by atoms with Crippen LogP contribution in [-0.4, -0.2) is 36.3 Å². The molecule has 0 saturated carbocycles. The van der Waals surface area contributed by atoms with Crippen LogP contribution in [0.5, 0.6) is 0 Å². The van der Waals surface area contributed by atoms with Crippen molar-refractivity contribution in [3.63, 3.8) is 0 Å². The van der Waals surface area contributed by atoms with Crippen molar-refractivity contribution < 1.29 is 9.59 Å². The number of hydrogen-bond donors (Lipinski definition) is 3. The highest BCUT2D eigenvalue weighted by Gasteiger charge is 2.22. The summed E-state index contributed by atoms with van der Waals surface area (Å²) in [7, 11) is 1.85. The van der Waals surface area contributed by atoms with Crippen LogP contribution >= 0.6 is 0 Å². The lowest BCUT2D eigenvalue weighted by Gasteiger charge is -2.11. The van der Waals surface area contributed by atoms with Crippen LogP contribution in [0.25, 0.3) is 0 Å². The summed E-state index contributed by atoms with van der Waals surface area (Å²) in [5.41, 5.74) is 2.80. The molecule has 0 aliphatic heterocycles. The molecule has 5 heteroatoms. The van der Waals surface area contributed by atoms with Crippen LogP contribution in [-0.2, 0) is 6.42 Å². The highest BCUT2D eigenvalue weighted by atomic mass is 16.2. The number of nitrogens with one attached hydrogen (secondary N) is 3. The number of amides is 1. The van der Waals surface area contributed by atoms with Gasteiger partial charge in [-0.05, 0) is 39.8 Å². The summed E-state index contributed by atoms with van der Waals surface area (Å²) in [5.74, 6) is -0.143. The molecule has 0 aromatic carbocycles. The smallest absolute Gasteiger partial charge is 0.268 e. The normalized spacial score (nSPS) is 12.2. The standard InChI is InChI=1S/C15H25N3O2/c1-6-7-12-13(11(4)19)10(3)18-14(12)15(20)17-8-9(2)16-5/h9,16,18H,6-8H2,1-5H3,(H,17,20). The number of hydrogen-bond acceptors (Lipinski definition) is 3. The molecule has 0 aliphatic rings. The Morgan fingerprint density at radius 2 is 2.00 bits per heavy atom. The van der Waals surface area contributed by atoms with Gasteiger partial charge in [0.1, 0.15) is 5.69 Å². The number of H-pyrrole nitrogens is 1. The molecular formula is C15H25N3O2. The molecule has 1 unspecified atom stereocenters. The van der Waals surface area contributed by atoms with Gasteiger partial charge in [-0.15, -0.1) is 0 Å². The molecule has 0 radical (unpaired) electrons. The number of aromatic nitrogens is 1. The molecule has 1 amide bonds. The third-order valence-corrected chi connectivity index (χ3v) is 3.43. The van der Waals surface area contributed by atoms with Crippen LogP contribution in [0.1, 0.15) is 59.3 Å². The molecule has 1 rings (SSSR count). The van der Waals surface area contributed by atoms with Gasteiger partial charge in [-0.25, -0.2) is 0 Å². The van der Waals surface area contributed by atoms with Crippen LogP contribution in [0.2, 0.25) is 0 Å². The maximum Gasteiger partial charge on any atom is 0.268 e. The molecule has 5 nitrogen and oxygen atoms in total. The summed E-state index contributed by atoms with van der Waals surface area (Å²) in [6, 6.07) is 0.205. The second kappa shape index (κ2) is 7.24. The maximum absolute atomic E-state index is 12.3. The van der Waals surface area contributed by atoms with E-state index in [0.29, 0.717) is 17.8 Å². The van der Waals surface area contributed by atoms with E-state index in [1.807, 2.05) is 27.8 Å². The van der Waals surface area contributed by atoms with Crippen molar-refractivity contribution in [3.05, 3.63) is 22.5 Å². The van der Waals surface area contributed by atoms with Crippen molar-refractivity contribution in [1.29, 1.82) is 0 Å². The van der Waals surface area contributed by atoms with Gasteiger partial charge in [0, 0.05) is 23.8 Å². The van der Waals surface area contributed by atoms with Crippen molar-refractivity contribution in [2.45, 2.75) is 46.6 Å². The van der Waals surface area contributed by atoms with E-state index in [1.165, 1.54) is 0 Å². The zero-order valence-electron chi connectivity index (χ0n) is 13.0. The summed E-state index contributed by atoms with van der Waals surface area (Å²) >= 11 is 0. The van der Waals surface area contributed by atoms with Crippen molar-refractivity contribution in [3.8, 4) is 0 Å². The van der Waals surface area contributed by atoms with Gasteiger partial charge in [-0.2, -0.15) is 0 Å². The molecule has 1 aromatic heterocycles. The molecule has 0 fully saturated rings. The largest absolute Gasteiger partial charge is 0.354 e. The number of ketones is 1. The van der Waals surface area contributed by atoms with Gasteiger partial charge in [0.2, 0.25) is 0 Å². The van der Waals surface area contributed by atoms with Gasteiger partial charge >= 0.3 is 0 Å². The SMILES string of the molecule is CCCc1c(C(=O)NCC(C)NC)[nH]c(C)c1C(C)=O. The van der Waals surface area contributed by atoms with E-state index < -0.39 is 0 Å². The lowest BCUT2D eigenvalue weighted by Crippen LogP contribution is -2.37. The molecule has 112 valence electrons. The Labute approximate surface area is 120 Å². The summed E-state index contributed by atoms with van der Waals surface area (Å²) in [5, 5.41) is 5.95. The van der Waals surface area contributed by atoms with Crippen molar-refractivity contribution in [2.75, 3.05) is 13.6 Å². The van der Waals surface area contributed by atoms with Gasteiger partial charge in [0.25, 0.3) is 5.91 Å². The lowest BCUT2D eigenvalue weighted by atomic mass is 10.0. The summed E-state index contributed by atoms with van der Waals surface area (Å²) in [6.45, 7) is 7.96. The molecule has 0 saturated heterocycles. The van der Waals surface area contributed by atoms with E-state index in [0.717, 1.165) is 24.1 Å². The summed E-state index contributed by atoms with van der Waals surface area (Å²) < 4.78 is 0. The lowest BCUT2D eigenvalue weighted by molar-refractivity contribution is 0.0945. The molecule has 0 spiro atoms. The minimum absolute atomic E-state index is 0.00448. The van der Waals surface area contributed by atoms with Crippen LogP contribution in [0.4, 0.5) is 0 Å². The third-order valence-electron chi connectivity index (χ3n) is 3.43. The molecule has 1 atom stereocenters. The van der Waals surface area contributed by atoms with E-state index in [2.05, 4.69) is 15.6 Å². The molecule has 0 aliphatic carbocycles. The Hall–Kier alpha value is -1.62. The number of carbonyl (C=O) groups excluding carboxylic acids is 2. The number of aryl methyl sites for hydroxylation is 1. The highest BCUT2D eigenvalue weighted by Crippen LogP contribution is 2.21. The monoisotopic (exact) mass is 279 g/mol. The molecule has 1 aromatic rings. The fourth-order valence-corrected chi connectivity index (χ4v) is 2.28. The maximum atomic E-state index is 12.3. The number of Topliss-reactive ketones (excluding diaryl/α,β-unsaturated/α-hetero) is 1. The van der Waals surface area contributed by atoms with E-state index >= 15 is 0 Å². The second-order valence-electron chi connectivity index (χ2n) is 5.18. The number of likely N-dealkylation sites (N-methyl/N-ethyl adjacent to an activating group) is 1. The Morgan fingerprint density at radius 1 is 1.35 bits per heavy atom. The number of carbonyl (C=O) groups is 2. The quantitative estimate of drug-likeness (QED) is 0.666. The van der Waals surface area contributed by atoms with E-state index in [9.17, 15) is 9.59 Å². The molecule has 3 N–H and O–H groups in total.